The molecule has 3 rings (SSSR count). The zero-order valence-electron chi connectivity index (χ0n) is 18.2. The molecule has 2 N–H and O–H groups in total. The molecule has 0 fully saturated rings. The molecule has 0 saturated carbocycles. The van der Waals surface area contributed by atoms with E-state index >= 15 is 0 Å². The van der Waals surface area contributed by atoms with Crippen molar-refractivity contribution in [3.05, 3.63) is 102 Å². The summed E-state index contributed by atoms with van der Waals surface area (Å²) in [6.07, 6.45) is -9.73. The van der Waals surface area contributed by atoms with E-state index in [0.29, 0.717) is 23.5 Å². The van der Waals surface area contributed by atoms with E-state index in [0.717, 1.165) is 0 Å². The Morgan fingerprint density at radius 1 is 0.583 bits per heavy atom. The second-order valence-corrected chi connectivity index (χ2v) is 7.23. The van der Waals surface area contributed by atoms with Gasteiger partial charge in [-0.15, -0.1) is 0 Å². The lowest BCUT2D eigenvalue weighted by atomic mass is 10.1. The van der Waals surface area contributed by atoms with Crippen LogP contribution in [0.1, 0.15) is 11.4 Å². The van der Waals surface area contributed by atoms with Crippen molar-refractivity contribution in [1.82, 2.24) is 4.98 Å². The molecule has 0 spiro atoms. The van der Waals surface area contributed by atoms with Crippen LogP contribution in [-0.2, 0) is 9.59 Å². The first-order valence-electron chi connectivity index (χ1n) is 10.2. The average molecular weight is 505 g/mol. The Balaban J connectivity index is 2.09. The Hall–Kier alpha value is -4.41. The van der Waals surface area contributed by atoms with E-state index in [2.05, 4.69) is 15.6 Å². The van der Waals surface area contributed by atoms with Gasteiger partial charge in [0.25, 0.3) is 11.6 Å². The number of allylic oxidation sites excluding steroid dienone is 2. The molecule has 3 aromatic rings. The summed E-state index contributed by atoms with van der Waals surface area (Å²) in [6.45, 7) is 0. The van der Waals surface area contributed by atoms with E-state index in [4.69, 9.17) is 0 Å². The molecule has 36 heavy (non-hydrogen) atoms. The van der Waals surface area contributed by atoms with Crippen molar-refractivity contribution < 1.29 is 35.9 Å². The fourth-order valence-electron chi connectivity index (χ4n) is 2.86. The highest BCUT2D eigenvalue weighted by Gasteiger charge is 2.38. The molecule has 5 nitrogen and oxygen atoms in total. The number of benzene rings is 2. The predicted octanol–water partition coefficient (Wildman–Crippen LogP) is 6.25. The van der Waals surface area contributed by atoms with E-state index in [1.165, 1.54) is 42.5 Å². The van der Waals surface area contributed by atoms with Gasteiger partial charge in [-0.3, -0.25) is 9.59 Å². The van der Waals surface area contributed by atoms with Crippen LogP contribution in [0.2, 0.25) is 0 Å². The third kappa shape index (κ3) is 7.29. The largest absolute Gasteiger partial charge is 0.454 e. The lowest BCUT2D eigenvalue weighted by Crippen LogP contribution is -2.22. The normalized spacial score (nSPS) is 12.7. The van der Waals surface area contributed by atoms with Gasteiger partial charge < -0.3 is 10.6 Å². The number of anilines is 2. The molecule has 2 aromatic carbocycles. The highest BCUT2D eigenvalue weighted by atomic mass is 19.4. The van der Waals surface area contributed by atoms with Crippen LogP contribution < -0.4 is 10.6 Å². The average Bonchev–Trinajstić information content (AvgIpc) is 2.83. The summed E-state index contributed by atoms with van der Waals surface area (Å²) in [5.74, 6) is -4.34. The maximum Gasteiger partial charge on any atom is 0.454 e. The van der Waals surface area contributed by atoms with Gasteiger partial charge in [0.05, 0.1) is 22.8 Å². The molecule has 11 heteroatoms. The second kappa shape index (κ2) is 10.9. The number of alkyl halides is 6. The zero-order valence-corrected chi connectivity index (χ0v) is 18.2. The van der Waals surface area contributed by atoms with Gasteiger partial charge in [0.2, 0.25) is 0 Å². The first-order valence-corrected chi connectivity index (χ1v) is 10.2. The number of halogens is 6. The molecule has 0 aliphatic carbocycles. The van der Waals surface area contributed by atoms with Gasteiger partial charge in [-0.1, -0.05) is 42.5 Å². The number of hydrogen-bond donors (Lipinski definition) is 2. The van der Waals surface area contributed by atoms with Crippen LogP contribution in [0.15, 0.2) is 91.0 Å². The van der Waals surface area contributed by atoms with Crippen molar-refractivity contribution in [2.24, 2.45) is 0 Å². The standard InChI is InChI=1S/C25H17F6N3O2/c26-24(27,28)22(35)14-20(32-16-8-3-1-4-9-16)18-12-7-13-19(34-18)21(15-23(36)25(29,30)31)33-17-10-5-2-6-11-17/h1-15,32-33H/b20-14-,21-15-. The van der Waals surface area contributed by atoms with E-state index in [1.807, 2.05) is 0 Å². The smallest absolute Gasteiger partial charge is 0.354 e. The number of rotatable bonds is 8. The predicted molar refractivity (Wildman–Crippen MR) is 122 cm³/mol. The Kier molecular flexibility index (Phi) is 7.93. The second-order valence-electron chi connectivity index (χ2n) is 7.23. The monoisotopic (exact) mass is 505 g/mol. The molecule has 186 valence electrons. The van der Waals surface area contributed by atoms with Crippen LogP contribution in [0.4, 0.5) is 37.7 Å². The van der Waals surface area contributed by atoms with Crippen molar-refractivity contribution in [3.63, 3.8) is 0 Å². The van der Waals surface area contributed by atoms with E-state index < -0.39 is 23.9 Å². The molecule has 1 heterocycles. The van der Waals surface area contributed by atoms with Gasteiger partial charge >= 0.3 is 12.4 Å². The van der Waals surface area contributed by atoms with Gasteiger partial charge in [-0.2, -0.15) is 26.3 Å². The van der Waals surface area contributed by atoms with Gasteiger partial charge in [0.15, 0.2) is 0 Å². The topological polar surface area (TPSA) is 71.1 Å². The van der Waals surface area contributed by atoms with Crippen molar-refractivity contribution >= 4 is 34.3 Å². The molecule has 0 saturated heterocycles. The Morgan fingerprint density at radius 2 is 0.944 bits per heavy atom. The van der Waals surface area contributed by atoms with Crippen LogP contribution in [-0.4, -0.2) is 28.9 Å². The van der Waals surface area contributed by atoms with E-state index in [-0.39, 0.29) is 22.8 Å². The molecule has 0 atom stereocenters. The first-order chi connectivity index (χ1) is 16.9. The fourth-order valence-corrected chi connectivity index (χ4v) is 2.86. The number of carbonyl (C=O) groups excluding carboxylic acids is 2. The molecule has 0 aliphatic rings. The molecule has 0 amide bonds. The van der Waals surface area contributed by atoms with Crippen LogP contribution in [0, 0.1) is 0 Å². The summed E-state index contributed by atoms with van der Waals surface area (Å²) < 4.78 is 77.8. The molecule has 0 bridgehead atoms. The Bertz CT molecular complexity index is 1190. The molecule has 1 aromatic heterocycles. The summed E-state index contributed by atoms with van der Waals surface area (Å²) in [7, 11) is 0. The maximum atomic E-state index is 13.0. The van der Waals surface area contributed by atoms with Gasteiger partial charge in [0, 0.05) is 23.5 Å². The van der Waals surface area contributed by atoms with Gasteiger partial charge in [-0.25, -0.2) is 4.98 Å². The first kappa shape index (κ1) is 26.2. The summed E-state index contributed by atoms with van der Waals surface area (Å²) in [4.78, 5) is 27.5. The number of pyridine rings is 1. The number of nitrogens with zero attached hydrogens (tertiary/aromatic N) is 1. The third-order valence-electron chi connectivity index (χ3n) is 4.52. The number of ketones is 2. The minimum absolute atomic E-state index is 0.186. The Labute approximate surface area is 201 Å². The van der Waals surface area contributed by atoms with Crippen LogP contribution >= 0.6 is 0 Å². The maximum absolute atomic E-state index is 13.0. The van der Waals surface area contributed by atoms with Crippen molar-refractivity contribution in [2.45, 2.75) is 12.4 Å². The molecule has 0 unspecified atom stereocenters. The number of aromatic nitrogens is 1. The van der Waals surface area contributed by atoms with E-state index in [9.17, 15) is 35.9 Å². The van der Waals surface area contributed by atoms with Crippen LogP contribution in [0.25, 0.3) is 11.4 Å². The van der Waals surface area contributed by atoms with Crippen molar-refractivity contribution in [2.75, 3.05) is 10.6 Å². The minimum atomic E-state index is -5.17. The highest BCUT2D eigenvalue weighted by molar-refractivity contribution is 6.03. The third-order valence-corrected chi connectivity index (χ3v) is 4.52. The lowest BCUT2D eigenvalue weighted by molar-refractivity contribution is -0.165. The Morgan fingerprint density at radius 3 is 1.28 bits per heavy atom. The van der Waals surface area contributed by atoms with Gasteiger partial charge in [0.1, 0.15) is 0 Å². The number of carbonyl (C=O) groups is 2. The SMILES string of the molecule is O=C(/C=C(\Nc1ccccc1)c1cccc(/C(=C/C(=O)C(F)(F)F)Nc2ccccc2)n1)C(F)(F)F. The van der Waals surface area contributed by atoms with Crippen LogP contribution in [0.5, 0.6) is 0 Å². The summed E-state index contributed by atoms with van der Waals surface area (Å²) in [6, 6.07) is 19.7. The lowest BCUT2D eigenvalue weighted by Gasteiger charge is -2.15. The number of hydrogen-bond acceptors (Lipinski definition) is 5. The molecular formula is C25H17F6N3O2. The quantitative estimate of drug-likeness (QED) is 0.280. The molecule has 0 aliphatic heterocycles. The number of para-hydroxylation sites is 2. The number of nitrogens with one attached hydrogen (secondary N) is 2. The van der Waals surface area contributed by atoms with Gasteiger partial charge in [-0.05, 0) is 36.4 Å². The zero-order chi connectivity index (χ0) is 26.3. The summed E-state index contributed by atoms with van der Waals surface area (Å²) >= 11 is 0. The van der Waals surface area contributed by atoms with Crippen LogP contribution in [0.3, 0.4) is 0 Å². The summed E-state index contributed by atoms with van der Waals surface area (Å²) in [5, 5.41) is 5.34. The fraction of sp³-hybridized carbons (Fsp3) is 0.0800. The highest BCUT2D eigenvalue weighted by Crippen LogP contribution is 2.25. The molecule has 0 radical (unpaired) electrons. The van der Waals surface area contributed by atoms with Crippen molar-refractivity contribution in [1.29, 1.82) is 0 Å². The van der Waals surface area contributed by atoms with E-state index in [1.54, 1.807) is 36.4 Å². The summed E-state index contributed by atoms with van der Waals surface area (Å²) in [5.41, 5.74) is -0.422. The van der Waals surface area contributed by atoms with Crippen molar-refractivity contribution in [3.8, 4) is 0 Å². The molecular weight excluding hydrogens is 488 g/mol. The minimum Gasteiger partial charge on any atom is -0.354 e.